The zero-order valence-corrected chi connectivity index (χ0v) is 11.4. The van der Waals surface area contributed by atoms with Crippen LogP contribution in [0.5, 0.6) is 0 Å². The molecule has 5 heteroatoms. The van der Waals surface area contributed by atoms with Gasteiger partial charge < -0.3 is 10.1 Å². The van der Waals surface area contributed by atoms with Crippen molar-refractivity contribution in [3.05, 3.63) is 34.2 Å². The number of H-pyrrole nitrogens is 1. The summed E-state index contributed by atoms with van der Waals surface area (Å²) in [5.74, 6) is 0.297. The Morgan fingerprint density at radius 3 is 2.90 bits per heavy atom. The molecule has 1 heterocycles. The second-order valence-corrected chi connectivity index (χ2v) is 5.86. The molecule has 0 radical (unpaired) electrons. The first kappa shape index (κ1) is 13.0. The minimum absolute atomic E-state index is 0.151. The molecule has 2 unspecified atom stereocenters. The van der Waals surface area contributed by atoms with E-state index in [0.29, 0.717) is 11.4 Å². The molecule has 1 fully saturated rings. The second kappa shape index (κ2) is 4.81. The average Bonchev–Trinajstić information content (AvgIpc) is 2.94. The van der Waals surface area contributed by atoms with Gasteiger partial charge in [0.25, 0.3) is 0 Å². The van der Waals surface area contributed by atoms with Crippen molar-refractivity contribution in [3.63, 3.8) is 0 Å². The highest BCUT2D eigenvalue weighted by molar-refractivity contribution is 5.92. The van der Waals surface area contributed by atoms with Crippen LogP contribution in [0.1, 0.15) is 36.5 Å². The van der Waals surface area contributed by atoms with E-state index in [2.05, 4.69) is 11.9 Å². The van der Waals surface area contributed by atoms with Crippen LogP contribution in [0, 0.1) is 11.8 Å². The number of aromatic carboxylic acids is 1. The van der Waals surface area contributed by atoms with E-state index >= 15 is 0 Å². The molecule has 2 atom stereocenters. The summed E-state index contributed by atoms with van der Waals surface area (Å²) in [7, 11) is 0. The Balaban J connectivity index is 1.96. The average molecular weight is 274 g/mol. The van der Waals surface area contributed by atoms with Crippen LogP contribution in [0.25, 0.3) is 11.0 Å². The minimum atomic E-state index is -0.981. The lowest BCUT2D eigenvalue weighted by Crippen LogP contribution is -2.20. The van der Waals surface area contributed by atoms with Crippen molar-refractivity contribution in [1.82, 2.24) is 9.55 Å². The number of nitrogens with zero attached hydrogens (tertiary/aromatic N) is 1. The number of nitrogens with one attached hydrogen (secondary N) is 1. The molecule has 0 amide bonds. The van der Waals surface area contributed by atoms with Gasteiger partial charge in [0.05, 0.1) is 16.6 Å². The summed E-state index contributed by atoms with van der Waals surface area (Å²) >= 11 is 0. The van der Waals surface area contributed by atoms with Gasteiger partial charge in [0, 0.05) is 6.54 Å². The molecule has 0 bridgehead atoms. The maximum Gasteiger partial charge on any atom is 0.335 e. The molecular formula is C15H18N2O3. The van der Waals surface area contributed by atoms with Crippen LogP contribution in [-0.4, -0.2) is 20.6 Å². The van der Waals surface area contributed by atoms with Gasteiger partial charge >= 0.3 is 11.7 Å². The normalized spacial score (nSPS) is 22.4. The highest BCUT2D eigenvalue weighted by Crippen LogP contribution is 2.31. The van der Waals surface area contributed by atoms with Crippen LogP contribution < -0.4 is 5.69 Å². The second-order valence-electron chi connectivity index (χ2n) is 5.86. The minimum Gasteiger partial charge on any atom is -0.478 e. The first-order valence-corrected chi connectivity index (χ1v) is 7.00. The van der Waals surface area contributed by atoms with E-state index in [1.165, 1.54) is 12.5 Å². The van der Waals surface area contributed by atoms with Crippen molar-refractivity contribution in [3.8, 4) is 0 Å². The largest absolute Gasteiger partial charge is 0.478 e. The van der Waals surface area contributed by atoms with E-state index in [1.807, 2.05) is 0 Å². The van der Waals surface area contributed by atoms with E-state index in [0.717, 1.165) is 30.8 Å². The van der Waals surface area contributed by atoms with Crippen LogP contribution in [-0.2, 0) is 6.54 Å². The van der Waals surface area contributed by atoms with Crippen LogP contribution >= 0.6 is 0 Å². The standard InChI is InChI=1S/C15H18N2O3/c1-9-2-3-10(6-9)8-17-13-5-4-11(14(18)19)7-12(13)16-15(17)20/h4-5,7,9-10H,2-3,6,8H2,1H3,(H,16,20)(H,18,19). The molecule has 5 nitrogen and oxygen atoms in total. The number of aromatic amines is 1. The number of carbonyl (C=O) groups is 1. The van der Waals surface area contributed by atoms with Gasteiger partial charge in [-0.25, -0.2) is 9.59 Å². The number of hydrogen-bond donors (Lipinski definition) is 2. The number of benzene rings is 1. The SMILES string of the molecule is CC1CCC(Cn2c(=O)[nH]c3cc(C(=O)O)ccc32)C1. The third kappa shape index (κ3) is 2.24. The number of aromatic nitrogens is 2. The summed E-state index contributed by atoms with van der Waals surface area (Å²) in [6, 6.07) is 4.79. The first-order valence-electron chi connectivity index (χ1n) is 7.00. The van der Waals surface area contributed by atoms with E-state index in [-0.39, 0.29) is 11.3 Å². The summed E-state index contributed by atoms with van der Waals surface area (Å²) < 4.78 is 1.74. The molecule has 1 aromatic heterocycles. The molecular weight excluding hydrogens is 256 g/mol. The molecule has 3 rings (SSSR count). The highest BCUT2D eigenvalue weighted by Gasteiger charge is 2.23. The van der Waals surface area contributed by atoms with Crippen LogP contribution in [0.15, 0.2) is 23.0 Å². The Bertz CT molecular complexity index is 713. The van der Waals surface area contributed by atoms with Crippen molar-refractivity contribution in [2.45, 2.75) is 32.7 Å². The summed E-state index contributed by atoms with van der Waals surface area (Å²) in [6.45, 7) is 2.97. The van der Waals surface area contributed by atoms with Gasteiger partial charge in [0.15, 0.2) is 0 Å². The highest BCUT2D eigenvalue weighted by atomic mass is 16.4. The number of carboxylic acid groups (broad SMARTS) is 1. The van der Waals surface area contributed by atoms with Crippen LogP contribution in [0.3, 0.4) is 0 Å². The predicted molar refractivity (Wildman–Crippen MR) is 76.0 cm³/mol. The Morgan fingerprint density at radius 1 is 1.45 bits per heavy atom. The molecule has 106 valence electrons. The van der Waals surface area contributed by atoms with Crippen molar-refractivity contribution in [2.24, 2.45) is 11.8 Å². The Kier molecular flexibility index (Phi) is 3.12. The van der Waals surface area contributed by atoms with E-state index < -0.39 is 5.97 Å². The fourth-order valence-electron chi connectivity index (χ4n) is 3.23. The molecule has 0 spiro atoms. The van der Waals surface area contributed by atoms with Crippen molar-refractivity contribution >= 4 is 17.0 Å². The summed E-state index contributed by atoms with van der Waals surface area (Å²) in [6.07, 6.45) is 3.55. The van der Waals surface area contributed by atoms with Crippen molar-refractivity contribution < 1.29 is 9.90 Å². The topological polar surface area (TPSA) is 75.1 Å². The first-order chi connectivity index (χ1) is 9.54. The maximum atomic E-state index is 12.0. The summed E-state index contributed by atoms with van der Waals surface area (Å²) in [5.41, 5.74) is 1.43. The molecule has 1 aliphatic carbocycles. The molecule has 0 aliphatic heterocycles. The van der Waals surface area contributed by atoms with Gasteiger partial charge in [-0.15, -0.1) is 0 Å². The van der Waals surface area contributed by atoms with Crippen molar-refractivity contribution in [2.75, 3.05) is 0 Å². The zero-order valence-electron chi connectivity index (χ0n) is 11.4. The van der Waals surface area contributed by atoms with Gasteiger partial charge in [0.1, 0.15) is 0 Å². The predicted octanol–water partition coefficient (Wildman–Crippen LogP) is 2.46. The van der Waals surface area contributed by atoms with Crippen LogP contribution in [0.4, 0.5) is 0 Å². The third-order valence-corrected chi connectivity index (χ3v) is 4.27. The lowest BCUT2D eigenvalue weighted by Gasteiger charge is -2.10. The van der Waals surface area contributed by atoms with Gasteiger partial charge in [-0.1, -0.05) is 13.3 Å². The number of fused-ring (bicyclic) bond motifs is 1. The monoisotopic (exact) mass is 274 g/mol. The van der Waals surface area contributed by atoms with Crippen molar-refractivity contribution in [1.29, 1.82) is 0 Å². The van der Waals surface area contributed by atoms with Gasteiger partial charge in [-0.3, -0.25) is 4.57 Å². The zero-order chi connectivity index (χ0) is 14.3. The van der Waals surface area contributed by atoms with Gasteiger partial charge in [-0.05, 0) is 42.9 Å². The van der Waals surface area contributed by atoms with Crippen LogP contribution in [0.2, 0.25) is 0 Å². The molecule has 1 saturated carbocycles. The summed E-state index contributed by atoms with van der Waals surface area (Å²) in [5, 5.41) is 8.98. The smallest absolute Gasteiger partial charge is 0.335 e. The fourth-order valence-corrected chi connectivity index (χ4v) is 3.23. The fraction of sp³-hybridized carbons (Fsp3) is 0.467. The van der Waals surface area contributed by atoms with E-state index in [4.69, 9.17) is 5.11 Å². The van der Waals surface area contributed by atoms with Gasteiger partial charge in [0.2, 0.25) is 0 Å². The molecule has 1 aromatic carbocycles. The molecule has 1 aliphatic rings. The quantitative estimate of drug-likeness (QED) is 0.902. The number of rotatable bonds is 3. The Hall–Kier alpha value is -2.04. The molecule has 20 heavy (non-hydrogen) atoms. The molecule has 0 saturated heterocycles. The lowest BCUT2D eigenvalue weighted by molar-refractivity contribution is 0.0697. The summed E-state index contributed by atoms with van der Waals surface area (Å²) in [4.78, 5) is 25.8. The number of carboxylic acids is 1. The third-order valence-electron chi connectivity index (χ3n) is 4.27. The Morgan fingerprint density at radius 2 is 2.25 bits per heavy atom. The maximum absolute atomic E-state index is 12.0. The molecule has 2 N–H and O–H groups in total. The van der Waals surface area contributed by atoms with Gasteiger partial charge in [-0.2, -0.15) is 0 Å². The number of hydrogen-bond acceptors (Lipinski definition) is 2. The Labute approximate surface area is 116 Å². The van der Waals surface area contributed by atoms with E-state index in [9.17, 15) is 9.59 Å². The molecule has 2 aromatic rings. The van der Waals surface area contributed by atoms with E-state index in [1.54, 1.807) is 16.7 Å². The lowest BCUT2D eigenvalue weighted by atomic mass is 10.1. The number of imidazole rings is 1.